The fraction of sp³-hybridized carbons (Fsp3) is 0.562. The van der Waals surface area contributed by atoms with Gasteiger partial charge in [-0.25, -0.2) is 0 Å². The molecule has 0 saturated heterocycles. The molecule has 1 aliphatic carbocycles. The lowest BCUT2D eigenvalue weighted by Gasteiger charge is -2.27. The van der Waals surface area contributed by atoms with Crippen LogP contribution in [0.25, 0.3) is 0 Å². The summed E-state index contributed by atoms with van der Waals surface area (Å²) in [5, 5.41) is 12.5. The van der Waals surface area contributed by atoms with E-state index in [1.54, 1.807) is 11.8 Å². The van der Waals surface area contributed by atoms with Crippen LogP contribution < -0.4 is 5.32 Å². The molecule has 0 heterocycles. The molecule has 0 spiro atoms. The van der Waals surface area contributed by atoms with Gasteiger partial charge in [0.15, 0.2) is 0 Å². The molecule has 2 rings (SSSR count). The second-order valence-corrected chi connectivity index (χ2v) is 6.66. The average molecular weight is 293 g/mol. The fourth-order valence-corrected chi connectivity index (χ4v) is 3.44. The van der Waals surface area contributed by atoms with Crippen LogP contribution in [0.15, 0.2) is 24.3 Å². The molecule has 3 nitrogen and oxygen atoms in total. The van der Waals surface area contributed by atoms with Crippen molar-refractivity contribution in [1.29, 1.82) is 0 Å². The summed E-state index contributed by atoms with van der Waals surface area (Å²) >= 11 is 1.62. The van der Waals surface area contributed by atoms with E-state index in [9.17, 15) is 9.90 Å². The average Bonchev–Trinajstić information content (AvgIpc) is 2.90. The van der Waals surface area contributed by atoms with Crippen molar-refractivity contribution in [2.24, 2.45) is 0 Å². The third-order valence-electron chi connectivity index (χ3n) is 3.89. The number of benzene rings is 1. The normalized spacial score (nSPS) is 17.1. The fourth-order valence-electron chi connectivity index (χ4n) is 2.65. The molecule has 4 heteroatoms. The maximum absolute atomic E-state index is 12.0. The number of carbonyl (C=O) groups is 1. The third kappa shape index (κ3) is 4.25. The first-order chi connectivity index (χ1) is 9.63. The van der Waals surface area contributed by atoms with Gasteiger partial charge in [0.25, 0.3) is 0 Å². The lowest BCUT2D eigenvalue weighted by Crippen LogP contribution is -2.49. The molecule has 1 aromatic carbocycles. The molecule has 110 valence electrons. The van der Waals surface area contributed by atoms with Crippen LogP contribution in [0.3, 0.4) is 0 Å². The molecule has 0 atom stereocenters. The van der Waals surface area contributed by atoms with Gasteiger partial charge in [-0.05, 0) is 25.3 Å². The number of nitrogens with one attached hydrogen (secondary N) is 1. The summed E-state index contributed by atoms with van der Waals surface area (Å²) < 4.78 is 0. The van der Waals surface area contributed by atoms with E-state index in [0.29, 0.717) is 5.75 Å². The number of thioether (sulfide) groups is 1. The zero-order chi connectivity index (χ0) is 14.4. The highest BCUT2D eigenvalue weighted by Gasteiger charge is 2.34. The number of amides is 1. The number of aryl methyl sites for hydroxylation is 1. The summed E-state index contributed by atoms with van der Waals surface area (Å²) in [5.41, 5.74) is 2.15. The van der Waals surface area contributed by atoms with Gasteiger partial charge in [-0.15, -0.1) is 11.8 Å². The summed E-state index contributed by atoms with van der Waals surface area (Å²) in [6, 6.07) is 8.39. The van der Waals surface area contributed by atoms with Crippen LogP contribution >= 0.6 is 11.8 Å². The topological polar surface area (TPSA) is 49.3 Å². The summed E-state index contributed by atoms with van der Waals surface area (Å²) in [5.74, 6) is 1.34. The number of aliphatic hydroxyl groups is 1. The van der Waals surface area contributed by atoms with Crippen molar-refractivity contribution in [3.05, 3.63) is 35.4 Å². The number of hydrogen-bond donors (Lipinski definition) is 2. The molecule has 20 heavy (non-hydrogen) atoms. The maximum Gasteiger partial charge on any atom is 0.230 e. The Kier molecular flexibility index (Phi) is 5.49. The quantitative estimate of drug-likeness (QED) is 0.848. The predicted molar refractivity (Wildman–Crippen MR) is 83.8 cm³/mol. The molecule has 1 aromatic rings. The van der Waals surface area contributed by atoms with Crippen LogP contribution in [0, 0.1) is 6.92 Å². The van der Waals surface area contributed by atoms with E-state index in [-0.39, 0.29) is 18.1 Å². The Bertz CT molecular complexity index is 438. The molecule has 0 bridgehead atoms. The van der Waals surface area contributed by atoms with Gasteiger partial charge in [-0.1, -0.05) is 42.7 Å². The van der Waals surface area contributed by atoms with Crippen LogP contribution in [-0.4, -0.2) is 28.9 Å². The number of hydrogen-bond acceptors (Lipinski definition) is 3. The van der Waals surface area contributed by atoms with Gasteiger partial charge in [0.2, 0.25) is 5.91 Å². The molecular formula is C16H23NO2S. The summed E-state index contributed by atoms with van der Waals surface area (Å²) in [7, 11) is 0. The van der Waals surface area contributed by atoms with E-state index in [0.717, 1.165) is 31.4 Å². The zero-order valence-electron chi connectivity index (χ0n) is 12.0. The van der Waals surface area contributed by atoms with E-state index >= 15 is 0 Å². The van der Waals surface area contributed by atoms with Crippen molar-refractivity contribution < 1.29 is 9.90 Å². The minimum Gasteiger partial charge on any atom is -0.394 e. The molecule has 2 N–H and O–H groups in total. The lowest BCUT2D eigenvalue weighted by molar-refractivity contribution is -0.121. The zero-order valence-corrected chi connectivity index (χ0v) is 12.8. The van der Waals surface area contributed by atoms with Crippen molar-refractivity contribution >= 4 is 17.7 Å². The minimum atomic E-state index is -0.346. The Balaban J connectivity index is 1.73. The van der Waals surface area contributed by atoms with E-state index in [4.69, 9.17) is 0 Å². The van der Waals surface area contributed by atoms with Crippen molar-refractivity contribution in [2.75, 3.05) is 12.4 Å². The van der Waals surface area contributed by atoms with Gasteiger partial charge in [0.05, 0.1) is 17.9 Å². The van der Waals surface area contributed by atoms with Gasteiger partial charge >= 0.3 is 0 Å². The largest absolute Gasteiger partial charge is 0.394 e. The first kappa shape index (κ1) is 15.4. The van der Waals surface area contributed by atoms with Crippen molar-refractivity contribution in [3.63, 3.8) is 0 Å². The first-order valence-electron chi connectivity index (χ1n) is 7.19. The smallest absolute Gasteiger partial charge is 0.230 e. The Morgan fingerprint density at radius 2 is 1.95 bits per heavy atom. The molecule has 0 unspecified atom stereocenters. The molecule has 1 aliphatic rings. The highest BCUT2D eigenvalue weighted by Crippen LogP contribution is 2.29. The lowest BCUT2D eigenvalue weighted by atomic mass is 9.99. The molecular weight excluding hydrogens is 270 g/mol. The van der Waals surface area contributed by atoms with E-state index < -0.39 is 0 Å². The Morgan fingerprint density at radius 3 is 2.55 bits per heavy atom. The standard InChI is InChI=1S/C16H23NO2S/c1-13-4-6-14(7-5-13)10-20-11-15(19)17-16(12-18)8-2-3-9-16/h4-7,18H,2-3,8-12H2,1H3,(H,17,19). The summed E-state index contributed by atoms with van der Waals surface area (Å²) in [6.07, 6.45) is 3.99. The van der Waals surface area contributed by atoms with E-state index in [2.05, 4.69) is 36.5 Å². The number of aliphatic hydroxyl groups excluding tert-OH is 1. The molecule has 0 aromatic heterocycles. The monoisotopic (exact) mass is 293 g/mol. The van der Waals surface area contributed by atoms with Crippen molar-refractivity contribution in [1.82, 2.24) is 5.32 Å². The Morgan fingerprint density at radius 1 is 1.30 bits per heavy atom. The van der Waals surface area contributed by atoms with E-state index in [1.807, 2.05) is 0 Å². The van der Waals surface area contributed by atoms with Gasteiger partial charge in [-0.2, -0.15) is 0 Å². The minimum absolute atomic E-state index is 0.0399. The van der Waals surface area contributed by atoms with Crippen molar-refractivity contribution in [2.45, 2.75) is 43.9 Å². The van der Waals surface area contributed by atoms with E-state index in [1.165, 1.54) is 11.1 Å². The van der Waals surface area contributed by atoms with Crippen LogP contribution in [0.1, 0.15) is 36.8 Å². The molecule has 1 amide bonds. The Hall–Kier alpha value is -1.00. The molecule has 1 fully saturated rings. The highest BCUT2D eigenvalue weighted by atomic mass is 32.2. The predicted octanol–water partition coefficient (Wildman–Crippen LogP) is 2.65. The van der Waals surface area contributed by atoms with Gasteiger partial charge < -0.3 is 10.4 Å². The SMILES string of the molecule is Cc1ccc(CSCC(=O)NC2(CO)CCCC2)cc1. The van der Waals surface area contributed by atoms with Gasteiger partial charge in [-0.3, -0.25) is 4.79 Å². The maximum atomic E-state index is 12.0. The number of carbonyl (C=O) groups excluding carboxylic acids is 1. The second-order valence-electron chi connectivity index (χ2n) is 5.67. The molecule has 0 aliphatic heterocycles. The van der Waals surface area contributed by atoms with Crippen molar-refractivity contribution in [3.8, 4) is 0 Å². The van der Waals surface area contributed by atoms with Crippen LogP contribution in [0.4, 0.5) is 0 Å². The second kappa shape index (κ2) is 7.14. The van der Waals surface area contributed by atoms with Gasteiger partial charge in [0, 0.05) is 5.75 Å². The third-order valence-corrected chi connectivity index (χ3v) is 4.89. The van der Waals surface area contributed by atoms with Crippen LogP contribution in [0.5, 0.6) is 0 Å². The summed E-state index contributed by atoms with van der Waals surface area (Å²) in [6.45, 7) is 2.13. The van der Waals surface area contributed by atoms with Gasteiger partial charge in [0.1, 0.15) is 0 Å². The van der Waals surface area contributed by atoms with Crippen LogP contribution in [0.2, 0.25) is 0 Å². The Labute approximate surface area is 125 Å². The molecule has 1 saturated carbocycles. The highest BCUT2D eigenvalue weighted by molar-refractivity contribution is 7.99. The van der Waals surface area contributed by atoms with Crippen LogP contribution in [-0.2, 0) is 10.5 Å². The molecule has 0 radical (unpaired) electrons. The first-order valence-corrected chi connectivity index (χ1v) is 8.34. The number of rotatable bonds is 6. The summed E-state index contributed by atoms with van der Waals surface area (Å²) in [4.78, 5) is 12.0.